The molecule has 0 radical (unpaired) electrons. The molecule has 0 saturated heterocycles. The Labute approximate surface area is 171 Å². The third kappa shape index (κ3) is 3.11. The minimum Gasteiger partial charge on any atom is -0.380 e. The van der Waals surface area contributed by atoms with Gasteiger partial charge >= 0.3 is 6.18 Å². The van der Waals surface area contributed by atoms with E-state index in [2.05, 4.69) is 17.2 Å². The summed E-state index contributed by atoms with van der Waals surface area (Å²) in [6.07, 6.45) is -0.752. The Hall–Kier alpha value is -2.41. The summed E-state index contributed by atoms with van der Waals surface area (Å²) in [5.74, 6) is -0.480. The maximum atomic E-state index is 13.4. The zero-order valence-electron chi connectivity index (χ0n) is 16.3. The van der Waals surface area contributed by atoms with Crippen LogP contribution >= 0.6 is 0 Å². The van der Waals surface area contributed by atoms with Gasteiger partial charge in [0, 0.05) is 5.39 Å². The molecule has 2 aliphatic rings. The molecule has 0 amide bonds. The maximum Gasteiger partial charge on any atom is 0.417 e. The molecule has 1 heterocycles. The molecule has 30 heavy (non-hydrogen) atoms. The number of nitrogens with zero attached hydrogens (tertiary/aromatic N) is 2. The lowest BCUT2D eigenvalue weighted by atomic mass is 9.68. The normalized spacial score (nSPS) is 26.8. The molecule has 0 bridgehead atoms. The predicted molar refractivity (Wildman–Crippen MR) is 105 cm³/mol. The molecule has 3 nitrogen and oxygen atoms in total. The summed E-state index contributed by atoms with van der Waals surface area (Å²) in [7, 11) is 0. The van der Waals surface area contributed by atoms with Crippen LogP contribution < -0.4 is 0 Å². The highest BCUT2D eigenvalue weighted by Crippen LogP contribution is 2.52. The van der Waals surface area contributed by atoms with Gasteiger partial charge in [0.25, 0.3) is 0 Å². The van der Waals surface area contributed by atoms with E-state index in [-0.39, 0.29) is 30.5 Å². The molecule has 0 unspecified atom stereocenters. The Morgan fingerprint density at radius 2 is 1.87 bits per heavy atom. The van der Waals surface area contributed by atoms with Gasteiger partial charge in [0.2, 0.25) is 0 Å². The number of halogens is 4. The van der Waals surface area contributed by atoms with E-state index < -0.39 is 11.8 Å². The van der Waals surface area contributed by atoms with Crippen LogP contribution in [0.15, 0.2) is 42.6 Å². The molecule has 5 rings (SSSR count). The van der Waals surface area contributed by atoms with E-state index in [1.165, 1.54) is 12.1 Å². The molecule has 3 aromatic rings. The topological polar surface area (TPSA) is 38.1 Å². The fourth-order valence-corrected chi connectivity index (χ4v) is 5.32. The fraction of sp³-hybridized carbons (Fsp3) is 0.435. The number of aromatic nitrogens is 2. The van der Waals surface area contributed by atoms with Crippen LogP contribution in [0.25, 0.3) is 16.6 Å². The second kappa shape index (κ2) is 6.80. The fourth-order valence-electron chi connectivity index (χ4n) is 5.32. The molecular weight excluding hydrogens is 396 g/mol. The van der Waals surface area contributed by atoms with Crippen molar-refractivity contribution in [2.24, 2.45) is 5.92 Å². The average Bonchev–Trinajstić information content (AvgIpc) is 3.02. The smallest absolute Gasteiger partial charge is 0.380 e. The molecule has 158 valence electrons. The standard InChI is InChI=1S/C23H22F4N2O/c24-17-4-6-18(7-5-17)29-21-11-14-2-1-3-15-12-22(30,23(25,26)27)9-8-19(15)20(14)10-16(21)13-28-29/h4-7,10-11,13,15,19,30H,1-3,8-9,12H2/t15-,19+,22-/m0/s1. The van der Waals surface area contributed by atoms with Crippen molar-refractivity contribution >= 4 is 10.9 Å². The molecule has 1 fully saturated rings. The van der Waals surface area contributed by atoms with Gasteiger partial charge in [-0.15, -0.1) is 0 Å². The Morgan fingerprint density at radius 1 is 1.10 bits per heavy atom. The quantitative estimate of drug-likeness (QED) is 0.517. The van der Waals surface area contributed by atoms with Crippen molar-refractivity contribution < 1.29 is 22.7 Å². The molecule has 0 aliphatic heterocycles. The molecule has 2 aromatic carbocycles. The number of aliphatic hydroxyl groups is 1. The molecular formula is C23H22F4N2O. The largest absolute Gasteiger partial charge is 0.417 e. The van der Waals surface area contributed by atoms with Crippen molar-refractivity contribution in [1.29, 1.82) is 0 Å². The highest BCUT2D eigenvalue weighted by Gasteiger charge is 2.57. The maximum absolute atomic E-state index is 13.4. The first-order valence-electron chi connectivity index (χ1n) is 10.3. The zero-order chi connectivity index (χ0) is 21.1. The lowest BCUT2D eigenvalue weighted by molar-refractivity contribution is -0.275. The van der Waals surface area contributed by atoms with Gasteiger partial charge in [0.05, 0.1) is 17.4 Å². The van der Waals surface area contributed by atoms with Gasteiger partial charge < -0.3 is 5.11 Å². The van der Waals surface area contributed by atoms with E-state index >= 15 is 0 Å². The minimum atomic E-state index is -4.59. The van der Waals surface area contributed by atoms with E-state index in [4.69, 9.17) is 0 Å². The average molecular weight is 418 g/mol. The van der Waals surface area contributed by atoms with Gasteiger partial charge in [-0.1, -0.05) is 0 Å². The summed E-state index contributed by atoms with van der Waals surface area (Å²) in [5, 5.41) is 15.6. The van der Waals surface area contributed by atoms with Crippen molar-refractivity contribution in [3.63, 3.8) is 0 Å². The second-order valence-electron chi connectivity index (χ2n) is 8.67. The van der Waals surface area contributed by atoms with Crippen LogP contribution in [-0.4, -0.2) is 26.7 Å². The number of fused-ring (bicyclic) bond motifs is 4. The molecule has 3 atom stereocenters. The molecule has 2 aliphatic carbocycles. The lowest BCUT2D eigenvalue weighted by Gasteiger charge is -2.42. The number of rotatable bonds is 1. The monoisotopic (exact) mass is 418 g/mol. The Bertz CT molecular complexity index is 1090. The molecule has 7 heteroatoms. The number of hydrogen-bond acceptors (Lipinski definition) is 2. The van der Waals surface area contributed by atoms with Crippen molar-refractivity contribution in [2.45, 2.75) is 56.2 Å². The minimum absolute atomic E-state index is 0.0173. The first-order valence-corrected chi connectivity index (χ1v) is 10.3. The SMILES string of the molecule is O[C@@]1(C(F)(F)F)CC[C@H]2c3cc4cnn(-c5ccc(F)cc5)c4cc3CCC[C@H]2C1. The van der Waals surface area contributed by atoms with Crippen molar-refractivity contribution in [3.8, 4) is 5.69 Å². The number of aryl methyl sites for hydroxylation is 1. The van der Waals surface area contributed by atoms with Gasteiger partial charge in [0.15, 0.2) is 5.60 Å². The summed E-state index contributed by atoms with van der Waals surface area (Å²) >= 11 is 0. The van der Waals surface area contributed by atoms with Gasteiger partial charge in [-0.05, 0) is 97.9 Å². The summed E-state index contributed by atoms with van der Waals surface area (Å²) in [4.78, 5) is 0. The van der Waals surface area contributed by atoms with Crippen LogP contribution in [0.4, 0.5) is 17.6 Å². The first kappa shape index (κ1) is 19.5. The van der Waals surface area contributed by atoms with Crippen LogP contribution in [0.5, 0.6) is 0 Å². The van der Waals surface area contributed by atoms with Gasteiger partial charge in [0.1, 0.15) is 5.82 Å². The number of hydrogen-bond donors (Lipinski definition) is 1. The van der Waals surface area contributed by atoms with Crippen LogP contribution in [0.3, 0.4) is 0 Å². The van der Waals surface area contributed by atoms with Crippen molar-refractivity contribution in [2.75, 3.05) is 0 Å². The second-order valence-corrected chi connectivity index (χ2v) is 8.67. The van der Waals surface area contributed by atoms with Gasteiger partial charge in [-0.3, -0.25) is 0 Å². The summed E-state index contributed by atoms with van der Waals surface area (Å²) in [5.41, 5.74) is 1.31. The summed E-state index contributed by atoms with van der Waals surface area (Å²) in [6.45, 7) is 0. The van der Waals surface area contributed by atoms with Crippen molar-refractivity contribution in [3.05, 3.63) is 59.5 Å². The number of benzene rings is 2. The van der Waals surface area contributed by atoms with Crippen LogP contribution in [0, 0.1) is 11.7 Å². The van der Waals surface area contributed by atoms with Crippen LogP contribution in [0.1, 0.15) is 49.1 Å². The van der Waals surface area contributed by atoms with E-state index in [1.54, 1.807) is 23.0 Å². The number of alkyl halides is 3. The molecule has 1 aromatic heterocycles. The van der Waals surface area contributed by atoms with Gasteiger partial charge in [-0.2, -0.15) is 18.3 Å². The van der Waals surface area contributed by atoms with E-state index in [1.807, 2.05) is 0 Å². The van der Waals surface area contributed by atoms with E-state index in [0.717, 1.165) is 40.6 Å². The predicted octanol–water partition coefficient (Wildman–Crippen LogP) is 5.68. The van der Waals surface area contributed by atoms with Gasteiger partial charge in [-0.25, -0.2) is 9.07 Å². The van der Waals surface area contributed by atoms with E-state index in [9.17, 15) is 22.7 Å². The van der Waals surface area contributed by atoms with Crippen molar-refractivity contribution in [1.82, 2.24) is 9.78 Å². The highest BCUT2D eigenvalue weighted by molar-refractivity contribution is 5.82. The first-order chi connectivity index (χ1) is 14.2. The molecule has 1 saturated carbocycles. The summed E-state index contributed by atoms with van der Waals surface area (Å²) in [6, 6.07) is 10.2. The Kier molecular flexibility index (Phi) is 4.43. The zero-order valence-corrected chi connectivity index (χ0v) is 16.3. The van der Waals surface area contributed by atoms with E-state index in [0.29, 0.717) is 12.8 Å². The molecule has 1 N–H and O–H groups in total. The lowest BCUT2D eigenvalue weighted by Crippen LogP contribution is -2.50. The Balaban J connectivity index is 1.54. The van der Waals surface area contributed by atoms with Crippen LogP contribution in [-0.2, 0) is 6.42 Å². The Morgan fingerprint density at radius 3 is 2.60 bits per heavy atom. The third-order valence-electron chi connectivity index (χ3n) is 6.89. The third-order valence-corrected chi connectivity index (χ3v) is 6.89. The molecule has 0 spiro atoms. The van der Waals surface area contributed by atoms with Crippen LogP contribution in [0.2, 0.25) is 0 Å². The summed E-state index contributed by atoms with van der Waals surface area (Å²) < 4.78 is 55.2. The highest BCUT2D eigenvalue weighted by atomic mass is 19.4.